The number of thioether (sulfide) groups is 1. The largest absolute Gasteiger partial charge is 0.357 e. The Morgan fingerprint density at radius 2 is 2.08 bits per heavy atom. The molecule has 0 saturated carbocycles. The van der Waals surface area contributed by atoms with Crippen LogP contribution in [-0.4, -0.2) is 51.2 Å². The van der Waals surface area contributed by atoms with E-state index < -0.39 is 0 Å². The van der Waals surface area contributed by atoms with Crippen LogP contribution in [0, 0.1) is 0 Å². The molecule has 0 amide bonds. The minimum absolute atomic E-state index is 0. The summed E-state index contributed by atoms with van der Waals surface area (Å²) in [4.78, 5) is 4.68. The molecule has 0 aliphatic carbocycles. The molecule has 2 rings (SSSR count). The molecule has 8 heteroatoms. The summed E-state index contributed by atoms with van der Waals surface area (Å²) in [6, 6.07) is 5.95. The minimum atomic E-state index is 0. The first kappa shape index (κ1) is 22.0. The van der Waals surface area contributed by atoms with E-state index in [4.69, 9.17) is 0 Å². The van der Waals surface area contributed by atoms with Gasteiger partial charge in [-0.25, -0.2) is 0 Å². The fourth-order valence-corrected chi connectivity index (χ4v) is 2.38. The minimum Gasteiger partial charge on any atom is -0.357 e. The van der Waals surface area contributed by atoms with Crippen molar-refractivity contribution in [1.82, 2.24) is 25.2 Å². The van der Waals surface area contributed by atoms with Gasteiger partial charge in [0.1, 0.15) is 5.82 Å². The average molecular weight is 476 g/mol. The van der Waals surface area contributed by atoms with E-state index in [1.807, 2.05) is 40.6 Å². The van der Waals surface area contributed by atoms with Gasteiger partial charge in [-0.1, -0.05) is 6.07 Å². The van der Waals surface area contributed by atoms with Crippen LogP contribution in [0.15, 0.2) is 29.4 Å². The third-order valence-corrected chi connectivity index (χ3v) is 5.00. The van der Waals surface area contributed by atoms with Crippen molar-refractivity contribution < 1.29 is 0 Å². The van der Waals surface area contributed by atoms with E-state index >= 15 is 0 Å². The van der Waals surface area contributed by atoms with Gasteiger partial charge in [0, 0.05) is 30.5 Å². The first-order valence-electron chi connectivity index (χ1n) is 8.41. The van der Waals surface area contributed by atoms with E-state index in [0.29, 0.717) is 0 Å². The van der Waals surface area contributed by atoms with Gasteiger partial charge < -0.3 is 10.6 Å². The summed E-state index contributed by atoms with van der Waals surface area (Å²) in [6.45, 7) is 9.01. The number of nitrogens with zero attached hydrogens (tertiary/aromatic N) is 4. The Kier molecular flexibility index (Phi) is 9.55. The smallest absolute Gasteiger partial charge is 0.191 e. The van der Waals surface area contributed by atoms with Crippen LogP contribution < -0.4 is 10.6 Å². The van der Waals surface area contributed by atoms with E-state index in [2.05, 4.69) is 52.9 Å². The molecule has 25 heavy (non-hydrogen) atoms. The number of aliphatic imine (C=N–C) groups is 1. The van der Waals surface area contributed by atoms with Crippen molar-refractivity contribution in [2.75, 3.05) is 25.9 Å². The van der Waals surface area contributed by atoms with Crippen LogP contribution in [0.5, 0.6) is 0 Å². The number of hydrogen-bond acceptors (Lipinski definition) is 4. The van der Waals surface area contributed by atoms with Crippen molar-refractivity contribution in [1.29, 1.82) is 0 Å². The van der Waals surface area contributed by atoms with Gasteiger partial charge in [0.25, 0.3) is 0 Å². The second-order valence-corrected chi connectivity index (χ2v) is 7.75. The van der Waals surface area contributed by atoms with Crippen molar-refractivity contribution in [3.8, 4) is 0 Å². The molecule has 2 N–H and O–H groups in total. The first-order valence-corrected chi connectivity index (χ1v) is 9.64. The Hall–Kier alpha value is -1.03. The van der Waals surface area contributed by atoms with Crippen molar-refractivity contribution in [3.05, 3.63) is 30.2 Å². The van der Waals surface area contributed by atoms with Gasteiger partial charge in [-0.15, -0.1) is 34.2 Å². The highest BCUT2D eigenvalue weighted by Crippen LogP contribution is 2.20. The fourth-order valence-electron chi connectivity index (χ4n) is 2.19. The molecule has 0 unspecified atom stereocenters. The second kappa shape index (κ2) is 10.8. The summed E-state index contributed by atoms with van der Waals surface area (Å²) in [5, 5.41) is 15.1. The van der Waals surface area contributed by atoms with Crippen LogP contribution in [0.2, 0.25) is 0 Å². The molecule has 0 radical (unpaired) electrons. The molecule has 0 aliphatic heterocycles. The van der Waals surface area contributed by atoms with E-state index in [0.717, 1.165) is 49.9 Å². The maximum atomic E-state index is 4.68. The number of rotatable bonds is 8. The van der Waals surface area contributed by atoms with Crippen LogP contribution in [0.4, 0.5) is 0 Å². The molecule has 140 valence electrons. The summed E-state index contributed by atoms with van der Waals surface area (Å²) in [5.41, 5.74) is 0.898. The monoisotopic (exact) mass is 476 g/mol. The summed E-state index contributed by atoms with van der Waals surface area (Å²) in [6.07, 6.45) is 5.99. The van der Waals surface area contributed by atoms with E-state index in [1.54, 1.807) is 0 Å². The number of pyridine rings is 1. The predicted molar refractivity (Wildman–Crippen MR) is 118 cm³/mol. The van der Waals surface area contributed by atoms with Crippen molar-refractivity contribution in [2.45, 2.75) is 38.4 Å². The number of hydrogen-bond donors (Lipinski definition) is 2. The highest BCUT2D eigenvalue weighted by Gasteiger charge is 2.15. The SMILES string of the molecule is CCNC(=NCC(C)(C)SC)NCCCc1nnc2ccccn12.I. The van der Waals surface area contributed by atoms with Gasteiger partial charge in [0.15, 0.2) is 11.6 Å². The third kappa shape index (κ3) is 7.01. The zero-order valence-corrected chi connectivity index (χ0v) is 18.6. The fraction of sp³-hybridized carbons (Fsp3) is 0.588. The number of halogens is 1. The molecular formula is C17H29IN6S. The van der Waals surface area contributed by atoms with Crippen LogP contribution >= 0.6 is 35.7 Å². The van der Waals surface area contributed by atoms with Crippen LogP contribution in [0.25, 0.3) is 5.65 Å². The number of nitrogens with one attached hydrogen (secondary N) is 2. The lowest BCUT2D eigenvalue weighted by Gasteiger charge is -2.20. The topological polar surface area (TPSA) is 66.6 Å². The number of fused-ring (bicyclic) bond motifs is 1. The van der Waals surface area contributed by atoms with Gasteiger partial charge in [0.2, 0.25) is 0 Å². The molecule has 2 heterocycles. The number of aryl methyl sites for hydroxylation is 1. The Morgan fingerprint density at radius 1 is 1.28 bits per heavy atom. The van der Waals surface area contributed by atoms with E-state index in [9.17, 15) is 0 Å². The predicted octanol–water partition coefficient (Wildman–Crippen LogP) is 2.98. The summed E-state index contributed by atoms with van der Waals surface area (Å²) in [5.74, 6) is 1.88. The van der Waals surface area contributed by atoms with Gasteiger partial charge >= 0.3 is 0 Å². The maximum absolute atomic E-state index is 4.68. The normalized spacial score (nSPS) is 12.1. The molecule has 2 aromatic rings. The zero-order chi connectivity index (χ0) is 17.4. The van der Waals surface area contributed by atoms with Crippen LogP contribution in [-0.2, 0) is 6.42 Å². The summed E-state index contributed by atoms with van der Waals surface area (Å²) in [7, 11) is 0. The molecule has 0 aliphatic rings. The molecule has 0 fully saturated rings. The Balaban J connectivity index is 0.00000312. The van der Waals surface area contributed by atoms with Crippen LogP contribution in [0.3, 0.4) is 0 Å². The summed E-state index contributed by atoms with van der Waals surface area (Å²) < 4.78 is 2.20. The van der Waals surface area contributed by atoms with Crippen molar-refractivity contribution in [3.63, 3.8) is 0 Å². The number of aromatic nitrogens is 3. The van der Waals surface area contributed by atoms with E-state index in [1.165, 1.54) is 0 Å². The Morgan fingerprint density at radius 3 is 2.80 bits per heavy atom. The van der Waals surface area contributed by atoms with Gasteiger partial charge in [0.05, 0.1) is 6.54 Å². The molecule has 0 atom stereocenters. The Bertz CT molecular complexity index is 670. The molecule has 0 bridgehead atoms. The molecule has 6 nitrogen and oxygen atoms in total. The van der Waals surface area contributed by atoms with Crippen LogP contribution in [0.1, 0.15) is 33.0 Å². The van der Waals surface area contributed by atoms with Gasteiger partial charge in [-0.2, -0.15) is 11.8 Å². The van der Waals surface area contributed by atoms with Crippen molar-refractivity contribution in [2.24, 2.45) is 4.99 Å². The third-order valence-electron chi connectivity index (χ3n) is 3.77. The molecule has 0 saturated heterocycles. The molecule has 0 aromatic carbocycles. The highest BCUT2D eigenvalue weighted by molar-refractivity contribution is 14.0. The standard InChI is InChI=1S/C17H28N6S.HI/c1-5-18-16(20-13-17(2,3)24-4)19-11-8-10-15-22-21-14-9-6-7-12-23(14)15;/h6-7,9,12H,5,8,10-11,13H2,1-4H3,(H2,18,19,20);1H. The second-order valence-electron chi connectivity index (χ2n) is 6.23. The zero-order valence-electron chi connectivity index (χ0n) is 15.5. The maximum Gasteiger partial charge on any atom is 0.191 e. The lowest BCUT2D eigenvalue weighted by molar-refractivity contribution is 0.693. The lowest BCUT2D eigenvalue weighted by atomic mass is 10.2. The van der Waals surface area contributed by atoms with Gasteiger partial charge in [-0.3, -0.25) is 9.39 Å². The Labute approximate surface area is 171 Å². The highest BCUT2D eigenvalue weighted by atomic mass is 127. The quantitative estimate of drug-likeness (QED) is 0.266. The van der Waals surface area contributed by atoms with Crippen molar-refractivity contribution >= 4 is 47.3 Å². The molecule has 0 spiro atoms. The van der Waals surface area contributed by atoms with E-state index in [-0.39, 0.29) is 28.7 Å². The molecular weight excluding hydrogens is 447 g/mol. The molecule has 2 aromatic heterocycles. The lowest BCUT2D eigenvalue weighted by Crippen LogP contribution is -2.39. The average Bonchev–Trinajstić information content (AvgIpc) is 3.00. The van der Waals surface area contributed by atoms with Gasteiger partial charge in [-0.05, 0) is 45.6 Å². The summed E-state index contributed by atoms with van der Waals surface area (Å²) >= 11 is 1.83. The number of guanidine groups is 1. The first-order chi connectivity index (χ1) is 11.6.